The number of rotatable bonds is 6. The van der Waals surface area contributed by atoms with Gasteiger partial charge in [-0.2, -0.15) is 0 Å². The van der Waals surface area contributed by atoms with E-state index in [1.54, 1.807) is 31.2 Å². The zero-order valence-corrected chi connectivity index (χ0v) is 11.5. The first-order valence-corrected chi connectivity index (χ1v) is 6.28. The van der Waals surface area contributed by atoms with E-state index < -0.39 is 11.9 Å². The highest BCUT2D eigenvalue weighted by Gasteiger charge is 2.15. The van der Waals surface area contributed by atoms with Crippen LogP contribution in [0.25, 0.3) is 0 Å². The molecule has 0 spiro atoms. The summed E-state index contributed by atoms with van der Waals surface area (Å²) in [5, 5.41) is 11.1. The van der Waals surface area contributed by atoms with Gasteiger partial charge >= 0.3 is 5.97 Å². The molecule has 0 saturated heterocycles. The lowest BCUT2D eigenvalue weighted by Crippen LogP contribution is -2.42. The molecule has 0 aliphatic carbocycles. The normalized spacial score (nSPS) is 9.90. The largest absolute Gasteiger partial charge is 0.480 e. The quantitative estimate of drug-likeness (QED) is 0.800. The molecule has 1 rings (SSSR count). The molecule has 0 fully saturated rings. The number of hydrogen-bond donors (Lipinski definition) is 2. The summed E-state index contributed by atoms with van der Waals surface area (Å²) >= 11 is 0. The fourth-order valence-corrected chi connectivity index (χ4v) is 1.61. The second kappa shape index (κ2) is 7.28. The molecule has 2 N–H and O–H groups in total. The molecule has 0 heterocycles. The molecule has 0 aliphatic heterocycles. The number of nitrogens with zero attached hydrogens (tertiary/aromatic N) is 1. The number of aryl methyl sites for hydroxylation is 1. The molecule has 108 valence electrons. The SMILES string of the molecule is CCN(CC(=O)O)C(=O)CNC(=O)c1ccc(C)cc1. The first-order chi connectivity index (χ1) is 9.43. The van der Waals surface area contributed by atoms with E-state index in [0.29, 0.717) is 5.56 Å². The van der Waals surface area contributed by atoms with Gasteiger partial charge in [0.15, 0.2) is 0 Å². The number of carboxylic acids is 1. The Morgan fingerprint density at radius 1 is 1.20 bits per heavy atom. The van der Waals surface area contributed by atoms with Crippen molar-refractivity contribution < 1.29 is 19.5 Å². The summed E-state index contributed by atoms with van der Waals surface area (Å²) in [6.45, 7) is 3.30. The van der Waals surface area contributed by atoms with Gasteiger partial charge in [0.05, 0.1) is 6.54 Å². The third-order valence-electron chi connectivity index (χ3n) is 2.77. The molecule has 6 heteroatoms. The van der Waals surface area contributed by atoms with Crippen molar-refractivity contribution in [3.05, 3.63) is 35.4 Å². The van der Waals surface area contributed by atoms with Gasteiger partial charge in [0.1, 0.15) is 6.54 Å². The van der Waals surface area contributed by atoms with Crippen LogP contribution in [0.3, 0.4) is 0 Å². The molecule has 0 aromatic heterocycles. The van der Waals surface area contributed by atoms with E-state index in [9.17, 15) is 14.4 Å². The predicted octanol–water partition coefficient (Wildman–Crippen LogP) is 0.658. The van der Waals surface area contributed by atoms with E-state index in [1.165, 1.54) is 0 Å². The van der Waals surface area contributed by atoms with E-state index in [4.69, 9.17) is 5.11 Å². The van der Waals surface area contributed by atoms with Gasteiger partial charge in [0.25, 0.3) is 5.91 Å². The Morgan fingerprint density at radius 3 is 2.30 bits per heavy atom. The van der Waals surface area contributed by atoms with Gasteiger partial charge in [-0.3, -0.25) is 14.4 Å². The molecule has 2 amide bonds. The monoisotopic (exact) mass is 278 g/mol. The van der Waals surface area contributed by atoms with Gasteiger partial charge in [-0.05, 0) is 26.0 Å². The molecule has 1 aromatic carbocycles. The molecule has 0 radical (unpaired) electrons. The van der Waals surface area contributed by atoms with Crippen molar-refractivity contribution in [2.75, 3.05) is 19.6 Å². The third-order valence-corrected chi connectivity index (χ3v) is 2.77. The van der Waals surface area contributed by atoms with Crippen molar-refractivity contribution in [2.45, 2.75) is 13.8 Å². The number of carbonyl (C=O) groups excluding carboxylic acids is 2. The highest BCUT2D eigenvalue weighted by Crippen LogP contribution is 2.02. The predicted molar refractivity (Wildman–Crippen MR) is 73.4 cm³/mol. The molecular weight excluding hydrogens is 260 g/mol. The highest BCUT2D eigenvalue weighted by molar-refractivity contribution is 5.96. The molecule has 1 aromatic rings. The van der Waals surface area contributed by atoms with E-state index in [1.807, 2.05) is 6.92 Å². The first-order valence-electron chi connectivity index (χ1n) is 6.28. The summed E-state index contributed by atoms with van der Waals surface area (Å²) in [4.78, 5) is 35.3. The average Bonchev–Trinajstić information content (AvgIpc) is 2.42. The van der Waals surface area contributed by atoms with Crippen LogP contribution < -0.4 is 5.32 Å². The summed E-state index contributed by atoms with van der Waals surface area (Å²) < 4.78 is 0. The summed E-state index contributed by atoms with van der Waals surface area (Å²) in [6.07, 6.45) is 0. The lowest BCUT2D eigenvalue weighted by molar-refractivity contribution is -0.143. The fraction of sp³-hybridized carbons (Fsp3) is 0.357. The molecule has 0 saturated carbocycles. The lowest BCUT2D eigenvalue weighted by Gasteiger charge is -2.18. The lowest BCUT2D eigenvalue weighted by atomic mass is 10.1. The maximum atomic E-state index is 11.8. The molecule has 6 nitrogen and oxygen atoms in total. The standard InChI is InChI=1S/C14H18N2O4/c1-3-16(9-13(18)19)12(17)8-15-14(20)11-6-4-10(2)5-7-11/h4-7H,3,8-9H2,1-2H3,(H,15,20)(H,18,19). The van der Waals surface area contributed by atoms with Gasteiger partial charge in [-0.15, -0.1) is 0 Å². The van der Waals surface area contributed by atoms with Crippen molar-refractivity contribution in [2.24, 2.45) is 0 Å². The minimum Gasteiger partial charge on any atom is -0.480 e. The topological polar surface area (TPSA) is 86.7 Å². The summed E-state index contributed by atoms with van der Waals surface area (Å²) in [6, 6.07) is 6.95. The minimum absolute atomic E-state index is 0.214. The van der Waals surface area contributed by atoms with Gasteiger partial charge in [0.2, 0.25) is 5.91 Å². The third kappa shape index (κ3) is 4.72. The average molecular weight is 278 g/mol. The smallest absolute Gasteiger partial charge is 0.323 e. The van der Waals surface area contributed by atoms with Crippen molar-refractivity contribution >= 4 is 17.8 Å². The van der Waals surface area contributed by atoms with Crippen LogP contribution in [0.5, 0.6) is 0 Å². The van der Waals surface area contributed by atoms with Crippen LogP contribution in [-0.2, 0) is 9.59 Å². The summed E-state index contributed by atoms with van der Waals surface area (Å²) in [7, 11) is 0. The fourth-order valence-electron chi connectivity index (χ4n) is 1.61. The van der Waals surface area contributed by atoms with Crippen LogP contribution in [-0.4, -0.2) is 47.4 Å². The van der Waals surface area contributed by atoms with Crippen molar-refractivity contribution in [1.82, 2.24) is 10.2 Å². The zero-order chi connectivity index (χ0) is 15.1. The Balaban J connectivity index is 2.53. The number of hydrogen-bond acceptors (Lipinski definition) is 3. The number of nitrogens with one attached hydrogen (secondary N) is 1. The van der Waals surface area contributed by atoms with Crippen LogP contribution in [0.4, 0.5) is 0 Å². The molecular formula is C14H18N2O4. The van der Waals surface area contributed by atoms with Crippen molar-refractivity contribution in [1.29, 1.82) is 0 Å². The van der Waals surface area contributed by atoms with Gasteiger partial charge < -0.3 is 15.3 Å². The van der Waals surface area contributed by atoms with Crippen LogP contribution in [0, 0.1) is 6.92 Å². The van der Waals surface area contributed by atoms with Crippen LogP contribution in [0.2, 0.25) is 0 Å². The highest BCUT2D eigenvalue weighted by atomic mass is 16.4. The van der Waals surface area contributed by atoms with E-state index in [2.05, 4.69) is 5.32 Å². The Hall–Kier alpha value is -2.37. The number of likely N-dealkylation sites (N-methyl/N-ethyl adjacent to an activating group) is 1. The first kappa shape index (κ1) is 15.7. The van der Waals surface area contributed by atoms with E-state index >= 15 is 0 Å². The summed E-state index contributed by atoms with van der Waals surface area (Å²) in [5.74, 6) is -1.86. The molecule has 0 aliphatic rings. The minimum atomic E-state index is -1.08. The molecule has 0 atom stereocenters. The number of amides is 2. The number of benzene rings is 1. The number of aliphatic carboxylic acids is 1. The van der Waals surface area contributed by atoms with Gasteiger partial charge in [-0.1, -0.05) is 17.7 Å². The Morgan fingerprint density at radius 2 is 1.80 bits per heavy atom. The molecule has 0 unspecified atom stereocenters. The van der Waals surface area contributed by atoms with Crippen LogP contribution >= 0.6 is 0 Å². The second-order valence-corrected chi connectivity index (χ2v) is 4.35. The summed E-state index contributed by atoms with van der Waals surface area (Å²) in [5.41, 5.74) is 1.50. The Bertz CT molecular complexity index is 496. The molecule has 0 bridgehead atoms. The van der Waals surface area contributed by atoms with Crippen LogP contribution in [0.1, 0.15) is 22.8 Å². The molecule has 20 heavy (non-hydrogen) atoms. The van der Waals surface area contributed by atoms with Gasteiger partial charge in [-0.25, -0.2) is 0 Å². The van der Waals surface area contributed by atoms with Crippen molar-refractivity contribution in [3.8, 4) is 0 Å². The Kier molecular flexibility index (Phi) is 5.71. The maximum Gasteiger partial charge on any atom is 0.323 e. The van der Waals surface area contributed by atoms with Crippen LogP contribution in [0.15, 0.2) is 24.3 Å². The van der Waals surface area contributed by atoms with Gasteiger partial charge in [0, 0.05) is 12.1 Å². The van der Waals surface area contributed by atoms with E-state index in [-0.39, 0.29) is 25.5 Å². The number of carbonyl (C=O) groups is 3. The zero-order valence-electron chi connectivity index (χ0n) is 11.5. The number of carboxylic acid groups (broad SMARTS) is 1. The maximum absolute atomic E-state index is 11.8. The van der Waals surface area contributed by atoms with E-state index in [0.717, 1.165) is 10.5 Å². The van der Waals surface area contributed by atoms with Crippen molar-refractivity contribution in [3.63, 3.8) is 0 Å². The Labute approximate surface area is 117 Å². The second-order valence-electron chi connectivity index (χ2n) is 4.35.